The van der Waals surface area contributed by atoms with Crippen LogP contribution in [0.1, 0.15) is 10.4 Å². The third kappa shape index (κ3) is 2.91. The Morgan fingerprint density at radius 2 is 1.48 bits per heavy atom. The number of nitrogen functional groups attached to an aromatic ring is 1. The highest BCUT2D eigenvalue weighted by molar-refractivity contribution is 5.92. The second-order valence-corrected chi connectivity index (χ2v) is 4.19. The molecule has 23 heavy (non-hydrogen) atoms. The maximum Gasteiger partial charge on any atom is 0.349 e. The lowest BCUT2D eigenvalue weighted by atomic mass is 10.1. The van der Waals surface area contributed by atoms with E-state index in [0.717, 1.165) is 24.3 Å². The molecule has 0 aromatic heterocycles. The van der Waals surface area contributed by atoms with Crippen LogP contribution >= 0.6 is 0 Å². The predicted octanol–water partition coefficient (Wildman–Crippen LogP) is 2.95. The number of carbonyl (C=O) groups excluding carboxylic acids is 1. The lowest BCUT2D eigenvalue weighted by Crippen LogP contribution is -2.17. The average molecular weight is 330 g/mol. The second-order valence-electron chi connectivity index (χ2n) is 4.19. The van der Waals surface area contributed by atoms with E-state index in [1.165, 1.54) is 0 Å². The van der Waals surface area contributed by atoms with Crippen LogP contribution in [-0.2, 0) is 0 Å². The molecule has 0 saturated heterocycles. The molecule has 6 nitrogen and oxygen atoms in total. The van der Waals surface area contributed by atoms with E-state index in [9.17, 15) is 32.5 Å². The van der Waals surface area contributed by atoms with Crippen LogP contribution in [-0.4, -0.2) is 10.9 Å². The fourth-order valence-electron chi connectivity index (χ4n) is 1.62. The number of halogens is 4. The number of hydrogen-bond donors (Lipinski definition) is 1. The summed E-state index contributed by atoms with van der Waals surface area (Å²) in [6.45, 7) is 0. The first-order valence-corrected chi connectivity index (χ1v) is 5.82. The summed E-state index contributed by atoms with van der Waals surface area (Å²) in [7, 11) is 0. The van der Waals surface area contributed by atoms with Gasteiger partial charge in [0.1, 0.15) is 17.0 Å². The monoisotopic (exact) mass is 330 g/mol. The Kier molecular flexibility index (Phi) is 4.16. The SMILES string of the molecule is Nc1c(F)c(F)c(C(=O)Oc2ccc([N+](=O)[O-])cc2)c(F)c1F. The fraction of sp³-hybridized carbons (Fsp3) is 0. The van der Waals surface area contributed by atoms with Gasteiger partial charge in [0.25, 0.3) is 5.69 Å². The summed E-state index contributed by atoms with van der Waals surface area (Å²) in [4.78, 5) is 21.4. The van der Waals surface area contributed by atoms with Crippen LogP contribution in [0.2, 0.25) is 0 Å². The summed E-state index contributed by atoms with van der Waals surface area (Å²) in [5.74, 6) is -9.93. The van der Waals surface area contributed by atoms with Crippen molar-refractivity contribution in [2.75, 3.05) is 5.73 Å². The van der Waals surface area contributed by atoms with Gasteiger partial charge in [0.05, 0.1) is 4.92 Å². The molecule has 0 aliphatic carbocycles. The molecule has 2 aromatic rings. The minimum Gasteiger partial charge on any atom is -0.423 e. The number of nitro groups is 1. The topological polar surface area (TPSA) is 95.5 Å². The van der Waals surface area contributed by atoms with Crippen molar-refractivity contribution < 1.29 is 32.0 Å². The summed E-state index contributed by atoms with van der Waals surface area (Å²) in [6.07, 6.45) is 0. The van der Waals surface area contributed by atoms with Gasteiger partial charge in [-0.2, -0.15) is 0 Å². The number of hydrogen-bond acceptors (Lipinski definition) is 5. The third-order valence-electron chi connectivity index (χ3n) is 2.76. The number of non-ortho nitro benzene ring substituents is 1. The van der Waals surface area contributed by atoms with E-state index < -0.39 is 45.4 Å². The quantitative estimate of drug-likeness (QED) is 0.178. The molecule has 0 radical (unpaired) electrons. The van der Waals surface area contributed by atoms with Crippen molar-refractivity contribution in [1.82, 2.24) is 0 Å². The molecular weight excluding hydrogens is 324 g/mol. The first-order chi connectivity index (χ1) is 10.7. The number of ether oxygens (including phenoxy) is 1. The van der Waals surface area contributed by atoms with E-state index in [1.807, 2.05) is 0 Å². The number of nitrogens with zero attached hydrogens (tertiary/aromatic N) is 1. The maximum absolute atomic E-state index is 13.6. The zero-order valence-electron chi connectivity index (χ0n) is 11.0. The van der Waals surface area contributed by atoms with Gasteiger partial charge in [0.2, 0.25) is 0 Å². The Labute approximate surface area is 125 Å². The minimum absolute atomic E-state index is 0.322. The van der Waals surface area contributed by atoms with E-state index in [-0.39, 0.29) is 11.4 Å². The maximum atomic E-state index is 13.6. The van der Waals surface area contributed by atoms with Gasteiger partial charge in [-0.3, -0.25) is 10.1 Å². The van der Waals surface area contributed by atoms with Crippen LogP contribution in [0.5, 0.6) is 5.75 Å². The van der Waals surface area contributed by atoms with E-state index in [1.54, 1.807) is 0 Å². The van der Waals surface area contributed by atoms with Gasteiger partial charge in [-0.05, 0) is 12.1 Å². The summed E-state index contributed by atoms with van der Waals surface area (Å²) in [5, 5.41) is 10.5. The second kappa shape index (κ2) is 5.91. The zero-order valence-corrected chi connectivity index (χ0v) is 11.0. The lowest BCUT2D eigenvalue weighted by molar-refractivity contribution is -0.384. The zero-order chi connectivity index (χ0) is 17.3. The average Bonchev–Trinajstić information content (AvgIpc) is 2.51. The highest BCUT2D eigenvalue weighted by Crippen LogP contribution is 2.27. The van der Waals surface area contributed by atoms with E-state index in [4.69, 9.17) is 5.73 Å². The lowest BCUT2D eigenvalue weighted by Gasteiger charge is -2.09. The Morgan fingerprint density at radius 3 is 1.91 bits per heavy atom. The highest BCUT2D eigenvalue weighted by atomic mass is 19.2. The number of anilines is 1. The first-order valence-electron chi connectivity index (χ1n) is 5.82. The van der Waals surface area contributed by atoms with Gasteiger partial charge >= 0.3 is 5.97 Å². The molecule has 0 saturated carbocycles. The summed E-state index contributed by atoms with van der Waals surface area (Å²) in [5.41, 5.74) is 1.46. The number of nitrogens with two attached hydrogens (primary N) is 1. The van der Waals surface area contributed by atoms with Crippen molar-refractivity contribution in [2.45, 2.75) is 0 Å². The Bertz CT molecular complexity index is 780. The van der Waals surface area contributed by atoms with Crippen LogP contribution in [0.4, 0.5) is 28.9 Å². The van der Waals surface area contributed by atoms with Crippen molar-refractivity contribution in [2.24, 2.45) is 0 Å². The van der Waals surface area contributed by atoms with Gasteiger partial charge in [0, 0.05) is 12.1 Å². The molecular formula is C13H6F4N2O4. The standard InChI is InChI=1S/C13H6F4N2O4/c14-8-7(9(15)11(17)12(18)10(8)16)13(20)23-6-3-1-5(2-4-6)19(21)22/h1-4H,18H2. The van der Waals surface area contributed by atoms with Gasteiger partial charge in [-0.1, -0.05) is 0 Å². The molecule has 0 aliphatic rings. The van der Waals surface area contributed by atoms with E-state index >= 15 is 0 Å². The normalized spacial score (nSPS) is 10.4. The molecule has 0 bridgehead atoms. The number of nitro benzene ring substituents is 1. The highest BCUT2D eigenvalue weighted by Gasteiger charge is 2.29. The number of benzene rings is 2. The van der Waals surface area contributed by atoms with Crippen LogP contribution in [0.25, 0.3) is 0 Å². The molecule has 2 N–H and O–H groups in total. The molecule has 0 aliphatic heterocycles. The molecule has 120 valence electrons. The largest absolute Gasteiger partial charge is 0.423 e. The van der Waals surface area contributed by atoms with Gasteiger partial charge < -0.3 is 10.5 Å². The van der Waals surface area contributed by atoms with Crippen LogP contribution in [0.3, 0.4) is 0 Å². The molecule has 0 amide bonds. The summed E-state index contributed by atoms with van der Waals surface area (Å²) < 4.78 is 58.2. The predicted molar refractivity (Wildman–Crippen MR) is 68.7 cm³/mol. The van der Waals surface area contributed by atoms with Crippen molar-refractivity contribution in [3.63, 3.8) is 0 Å². The Balaban J connectivity index is 2.36. The fourth-order valence-corrected chi connectivity index (χ4v) is 1.62. The van der Waals surface area contributed by atoms with Gasteiger partial charge in [-0.15, -0.1) is 0 Å². The number of rotatable bonds is 3. The molecule has 2 aromatic carbocycles. The minimum atomic E-state index is -2.01. The van der Waals surface area contributed by atoms with Crippen molar-refractivity contribution in [3.8, 4) is 5.75 Å². The number of esters is 1. The van der Waals surface area contributed by atoms with Crippen molar-refractivity contribution in [3.05, 3.63) is 63.2 Å². The van der Waals surface area contributed by atoms with Crippen molar-refractivity contribution >= 4 is 17.3 Å². The molecule has 2 rings (SSSR count). The van der Waals surface area contributed by atoms with E-state index in [2.05, 4.69) is 4.74 Å². The Hall–Kier alpha value is -3.17. The molecule has 10 heteroatoms. The van der Waals surface area contributed by atoms with Crippen LogP contribution in [0.15, 0.2) is 24.3 Å². The molecule has 0 unspecified atom stereocenters. The Morgan fingerprint density at radius 1 is 1.00 bits per heavy atom. The number of carbonyl (C=O) groups is 1. The smallest absolute Gasteiger partial charge is 0.349 e. The van der Waals surface area contributed by atoms with E-state index in [0.29, 0.717) is 0 Å². The van der Waals surface area contributed by atoms with Gasteiger partial charge in [-0.25, -0.2) is 22.4 Å². The molecule has 0 spiro atoms. The molecule has 0 heterocycles. The van der Waals surface area contributed by atoms with Crippen molar-refractivity contribution in [1.29, 1.82) is 0 Å². The third-order valence-corrected chi connectivity index (χ3v) is 2.76. The van der Waals surface area contributed by atoms with Crippen LogP contribution in [0, 0.1) is 33.4 Å². The molecule has 0 fully saturated rings. The summed E-state index contributed by atoms with van der Waals surface area (Å²) >= 11 is 0. The summed E-state index contributed by atoms with van der Waals surface area (Å²) in [6, 6.07) is 3.85. The molecule has 0 atom stereocenters. The van der Waals surface area contributed by atoms with Crippen LogP contribution < -0.4 is 10.5 Å². The first kappa shape index (κ1) is 16.2. The van der Waals surface area contributed by atoms with Gasteiger partial charge in [0.15, 0.2) is 23.3 Å².